The van der Waals surface area contributed by atoms with Crippen molar-refractivity contribution in [2.45, 2.75) is 70.5 Å². The molecule has 0 radical (unpaired) electrons. The quantitative estimate of drug-likeness (QED) is 0.433. The van der Waals surface area contributed by atoms with Crippen LogP contribution < -0.4 is 9.47 Å². The van der Waals surface area contributed by atoms with Crippen LogP contribution in [-0.4, -0.2) is 47.9 Å². The second-order valence-corrected chi connectivity index (χ2v) is 9.79. The molecule has 7 heteroatoms. The molecule has 2 fully saturated rings. The lowest BCUT2D eigenvalue weighted by Gasteiger charge is -2.43. The number of carbonyl (C=O) groups excluding carboxylic acids is 2. The summed E-state index contributed by atoms with van der Waals surface area (Å²) in [7, 11) is 1.59. The van der Waals surface area contributed by atoms with Crippen molar-refractivity contribution in [2.24, 2.45) is 0 Å². The van der Waals surface area contributed by atoms with Gasteiger partial charge in [-0.2, -0.15) is 0 Å². The second-order valence-electron chi connectivity index (χ2n) is 9.39. The van der Waals surface area contributed by atoms with E-state index < -0.39 is 6.04 Å². The first-order chi connectivity index (χ1) is 17.0. The van der Waals surface area contributed by atoms with Crippen LogP contribution in [0.25, 0.3) is 0 Å². The Morgan fingerprint density at radius 2 is 1.74 bits per heavy atom. The monoisotopic (exact) mass is 498 g/mol. The van der Waals surface area contributed by atoms with E-state index >= 15 is 0 Å². The van der Waals surface area contributed by atoms with Crippen LogP contribution in [0.4, 0.5) is 0 Å². The predicted octanol–water partition coefficient (Wildman–Crippen LogP) is 5.77. The van der Waals surface area contributed by atoms with Crippen molar-refractivity contribution < 1.29 is 19.1 Å². The summed E-state index contributed by atoms with van der Waals surface area (Å²) >= 11 is 6.44. The summed E-state index contributed by atoms with van der Waals surface area (Å²) in [5.41, 5.74) is 1.53. The highest BCUT2D eigenvalue weighted by atomic mass is 35.5. The van der Waals surface area contributed by atoms with Crippen molar-refractivity contribution in [3.63, 3.8) is 0 Å². The number of hydrogen-bond acceptors (Lipinski definition) is 4. The summed E-state index contributed by atoms with van der Waals surface area (Å²) in [6, 6.07) is 12.4. The highest BCUT2D eigenvalue weighted by Gasteiger charge is 2.43. The van der Waals surface area contributed by atoms with E-state index in [1.807, 2.05) is 54.3 Å². The lowest BCUT2D eigenvalue weighted by molar-refractivity contribution is -0.159. The van der Waals surface area contributed by atoms with Gasteiger partial charge in [0.25, 0.3) is 5.91 Å². The maximum atomic E-state index is 14.1. The molecule has 1 atom stereocenters. The maximum Gasteiger partial charge on any atom is 0.250 e. The Labute approximate surface area is 213 Å². The lowest BCUT2D eigenvalue weighted by atomic mass is 9.96. The van der Waals surface area contributed by atoms with Gasteiger partial charge in [0.2, 0.25) is 5.91 Å². The number of benzene rings is 2. The average Bonchev–Trinajstić information content (AvgIpc) is 3.15. The fourth-order valence-corrected chi connectivity index (χ4v) is 5.32. The van der Waals surface area contributed by atoms with Crippen molar-refractivity contribution in [1.29, 1.82) is 0 Å². The molecule has 1 heterocycles. The molecule has 0 unspecified atom stereocenters. The number of hydrogen-bond donors (Lipinski definition) is 0. The third kappa shape index (κ3) is 5.75. The van der Waals surface area contributed by atoms with Gasteiger partial charge in [-0.3, -0.25) is 9.59 Å². The molecule has 0 N–H and O–H groups in total. The van der Waals surface area contributed by atoms with E-state index in [-0.39, 0.29) is 30.9 Å². The Balaban J connectivity index is 1.71. The summed E-state index contributed by atoms with van der Waals surface area (Å²) in [6.45, 7) is 3.00. The van der Waals surface area contributed by atoms with E-state index in [0.29, 0.717) is 23.1 Å². The Kier molecular flexibility index (Phi) is 8.55. The third-order valence-corrected chi connectivity index (χ3v) is 7.35. The number of carbonyl (C=O) groups is 2. The summed E-state index contributed by atoms with van der Waals surface area (Å²) in [6.07, 6.45) is 7.33. The summed E-state index contributed by atoms with van der Waals surface area (Å²) in [4.78, 5) is 31.1. The van der Waals surface area contributed by atoms with Gasteiger partial charge < -0.3 is 19.3 Å². The highest BCUT2D eigenvalue weighted by molar-refractivity contribution is 6.31. The molecular formula is C28H35ClN2O4. The zero-order valence-electron chi connectivity index (χ0n) is 20.7. The fraction of sp³-hybridized carbons (Fsp3) is 0.500. The molecule has 1 saturated heterocycles. The Morgan fingerprint density at radius 1 is 1.00 bits per heavy atom. The molecule has 1 saturated carbocycles. The summed E-state index contributed by atoms with van der Waals surface area (Å²) < 4.78 is 11.4. The highest BCUT2D eigenvalue weighted by Crippen LogP contribution is 2.37. The van der Waals surface area contributed by atoms with Crippen LogP contribution in [0.2, 0.25) is 5.02 Å². The fourth-order valence-electron chi connectivity index (χ4n) is 5.13. The number of halogens is 1. The second kappa shape index (κ2) is 11.8. The normalized spacial score (nSPS) is 19.6. The molecule has 2 aromatic rings. The van der Waals surface area contributed by atoms with Crippen molar-refractivity contribution in [3.8, 4) is 11.5 Å². The molecule has 2 aliphatic rings. The molecular weight excluding hydrogens is 464 g/mol. The zero-order chi connectivity index (χ0) is 24.8. The van der Waals surface area contributed by atoms with E-state index in [4.69, 9.17) is 21.1 Å². The Morgan fingerprint density at radius 3 is 2.43 bits per heavy atom. The van der Waals surface area contributed by atoms with Gasteiger partial charge in [-0.05, 0) is 48.6 Å². The number of nitrogens with zero attached hydrogens (tertiary/aromatic N) is 2. The Bertz CT molecular complexity index is 1040. The van der Waals surface area contributed by atoms with Gasteiger partial charge in [0, 0.05) is 17.6 Å². The first-order valence-corrected chi connectivity index (χ1v) is 13.0. The number of ether oxygens (including phenoxy) is 2. The van der Waals surface area contributed by atoms with Crippen molar-refractivity contribution in [1.82, 2.24) is 9.80 Å². The van der Waals surface area contributed by atoms with Gasteiger partial charge in [0.05, 0.1) is 13.7 Å². The molecule has 188 valence electrons. The minimum atomic E-state index is -0.745. The smallest absolute Gasteiger partial charge is 0.250 e. The summed E-state index contributed by atoms with van der Waals surface area (Å²) in [5, 5.41) is 0.582. The standard InChI is InChI=1S/C28H35ClN2O4/c1-3-16-35-24-15-14-20(17-25(24)34-2)27-28(33)30(22-11-6-4-5-7-12-22)19-26(32)31(27)18-21-10-8-9-13-23(21)29/h8-10,13-15,17,22,27H,3-7,11-12,16,18-19H2,1-2H3/t27-/m0/s1. The van der Waals surface area contributed by atoms with Crippen molar-refractivity contribution in [2.75, 3.05) is 20.3 Å². The van der Waals surface area contributed by atoms with Crippen LogP contribution in [0.1, 0.15) is 69.0 Å². The molecule has 2 aromatic carbocycles. The molecule has 6 nitrogen and oxygen atoms in total. The van der Waals surface area contributed by atoms with Crippen molar-refractivity contribution >= 4 is 23.4 Å². The number of amides is 2. The molecule has 1 aliphatic heterocycles. The van der Waals surface area contributed by atoms with Gasteiger partial charge in [-0.1, -0.05) is 68.5 Å². The number of piperazine rings is 1. The molecule has 2 amide bonds. The molecule has 0 aromatic heterocycles. The van der Waals surface area contributed by atoms with Crippen LogP contribution in [0, 0.1) is 0 Å². The topological polar surface area (TPSA) is 59.1 Å². The van der Waals surface area contributed by atoms with Gasteiger partial charge in [0.15, 0.2) is 11.5 Å². The minimum absolute atomic E-state index is 0.0344. The van der Waals surface area contributed by atoms with E-state index in [1.165, 1.54) is 12.8 Å². The van der Waals surface area contributed by atoms with E-state index in [1.54, 1.807) is 12.0 Å². The molecule has 35 heavy (non-hydrogen) atoms. The van der Waals surface area contributed by atoms with E-state index in [2.05, 4.69) is 0 Å². The minimum Gasteiger partial charge on any atom is -0.493 e. The van der Waals surface area contributed by atoms with Crippen LogP contribution in [-0.2, 0) is 16.1 Å². The molecule has 1 aliphatic carbocycles. The lowest BCUT2D eigenvalue weighted by Crippen LogP contribution is -2.57. The SMILES string of the molecule is CCCOc1ccc([C@H]2C(=O)N(C3CCCCCC3)CC(=O)N2Cc2ccccc2Cl)cc1OC. The third-order valence-electron chi connectivity index (χ3n) is 6.98. The van der Waals surface area contributed by atoms with Crippen LogP contribution in [0.15, 0.2) is 42.5 Å². The zero-order valence-corrected chi connectivity index (χ0v) is 21.4. The van der Waals surface area contributed by atoms with Crippen LogP contribution >= 0.6 is 11.6 Å². The molecule has 0 spiro atoms. The van der Waals surface area contributed by atoms with Gasteiger partial charge in [-0.15, -0.1) is 0 Å². The van der Waals surface area contributed by atoms with Crippen molar-refractivity contribution in [3.05, 3.63) is 58.6 Å². The van der Waals surface area contributed by atoms with E-state index in [9.17, 15) is 9.59 Å². The Hall–Kier alpha value is -2.73. The molecule has 4 rings (SSSR count). The van der Waals surface area contributed by atoms with Gasteiger partial charge >= 0.3 is 0 Å². The van der Waals surface area contributed by atoms with E-state index in [0.717, 1.165) is 43.2 Å². The summed E-state index contributed by atoms with van der Waals surface area (Å²) in [5.74, 6) is 1.09. The van der Waals surface area contributed by atoms with Gasteiger partial charge in [0.1, 0.15) is 12.6 Å². The number of rotatable bonds is 8. The number of methoxy groups -OCH3 is 1. The maximum absolute atomic E-state index is 14.1. The van der Waals surface area contributed by atoms with Crippen LogP contribution in [0.5, 0.6) is 11.5 Å². The average molecular weight is 499 g/mol. The van der Waals surface area contributed by atoms with Gasteiger partial charge in [-0.25, -0.2) is 0 Å². The molecule has 0 bridgehead atoms. The first kappa shape index (κ1) is 25.4. The van der Waals surface area contributed by atoms with Crippen LogP contribution in [0.3, 0.4) is 0 Å². The largest absolute Gasteiger partial charge is 0.493 e. The predicted molar refractivity (Wildman–Crippen MR) is 137 cm³/mol. The first-order valence-electron chi connectivity index (χ1n) is 12.7.